The predicted octanol–water partition coefficient (Wildman–Crippen LogP) is 5.21. The standard InChI is InChI=1S/C22H20N2O2/c1-2-8-22(25)24-19-13-6-5-12-18(19)23-21(24)15-26-20-14-7-10-16-9-3-4-11-17(16)20/h3-7,9-14H,2,8,15H2,1H3. The lowest BCUT2D eigenvalue weighted by Gasteiger charge is -2.11. The lowest BCUT2D eigenvalue weighted by Crippen LogP contribution is -2.15. The van der Waals surface area contributed by atoms with E-state index >= 15 is 0 Å². The third kappa shape index (κ3) is 2.94. The smallest absolute Gasteiger partial charge is 0.232 e. The van der Waals surface area contributed by atoms with Gasteiger partial charge < -0.3 is 4.74 Å². The lowest BCUT2D eigenvalue weighted by molar-refractivity contribution is 0.0898. The zero-order chi connectivity index (χ0) is 17.9. The Labute approximate surface area is 152 Å². The van der Waals surface area contributed by atoms with Crippen LogP contribution in [-0.2, 0) is 6.61 Å². The minimum absolute atomic E-state index is 0.0534. The molecule has 0 radical (unpaired) electrons. The van der Waals surface area contributed by atoms with Crippen molar-refractivity contribution in [1.29, 1.82) is 0 Å². The summed E-state index contributed by atoms with van der Waals surface area (Å²) in [6.07, 6.45) is 1.29. The van der Waals surface area contributed by atoms with Crippen LogP contribution in [0.25, 0.3) is 21.8 Å². The Hall–Kier alpha value is -3.14. The van der Waals surface area contributed by atoms with Crippen molar-refractivity contribution in [2.45, 2.75) is 26.4 Å². The van der Waals surface area contributed by atoms with Gasteiger partial charge in [-0.1, -0.05) is 55.5 Å². The molecular weight excluding hydrogens is 324 g/mol. The molecule has 0 N–H and O–H groups in total. The molecule has 3 aromatic carbocycles. The molecule has 1 heterocycles. The number of aromatic nitrogens is 2. The third-order valence-corrected chi connectivity index (χ3v) is 4.45. The first kappa shape index (κ1) is 16.3. The number of carbonyl (C=O) groups excluding carboxylic acids is 1. The molecule has 0 spiro atoms. The average Bonchev–Trinajstić information content (AvgIpc) is 3.05. The summed E-state index contributed by atoms with van der Waals surface area (Å²) in [5.41, 5.74) is 1.65. The molecule has 130 valence electrons. The van der Waals surface area contributed by atoms with Gasteiger partial charge in [0.1, 0.15) is 12.4 Å². The van der Waals surface area contributed by atoms with Crippen LogP contribution in [-0.4, -0.2) is 15.5 Å². The highest BCUT2D eigenvalue weighted by molar-refractivity contribution is 5.91. The van der Waals surface area contributed by atoms with Gasteiger partial charge >= 0.3 is 0 Å². The Bertz CT molecular complexity index is 1080. The number of hydrogen-bond donors (Lipinski definition) is 0. The molecule has 0 aliphatic heterocycles. The van der Waals surface area contributed by atoms with Crippen molar-refractivity contribution in [3.05, 3.63) is 72.6 Å². The first-order valence-electron chi connectivity index (χ1n) is 8.88. The Morgan fingerprint density at radius 2 is 1.77 bits per heavy atom. The maximum atomic E-state index is 12.6. The van der Waals surface area contributed by atoms with E-state index in [1.807, 2.05) is 61.5 Å². The number of nitrogens with zero attached hydrogens (tertiary/aromatic N) is 2. The van der Waals surface area contributed by atoms with Crippen molar-refractivity contribution in [3.63, 3.8) is 0 Å². The van der Waals surface area contributed by atoms with E-state index in [0.29, 0.717) is 12.2 Å². The number of ether oxygens (including phenoxy) is 1. The summed E-state index contributed by atoms with van der Waals surface area (Å²) in [7, 11) is 0. The quantitative estimate of drug-likeness (QED) is 0.499. The van der Waals surface area contributed by atoms with Gasteiger partial charge in [0.2, 0.25) is 5.91 Å². The van der Waals surface area contributed by atoms with Crippen LogP contribution in [0.2, 0.25) is 0 Å². The van der Waals surface area contributed by atoms with Crippen molar-refractivity contribution >= 4 is 27.7 Å². The van der Waals surface area contributed by atoms with E-state index in [9.17, 15) is 4.79 Å². The second-order valence-electron chi connectivity index (χ2n) is 6.26. The first-order valence-corrected chi connectivity index (χ1v) is 8.88. The molecule has 0 aliphatic carbocycles. The molecule has 0 bridgehead atoms. The van der Waals surface area contributed by atoms with E-state index in [2.05, 4.69) is 17.1 Å². The zero-order valence-electron chi connectivity index (χ0n) is 14.7. The molecule has 0 saturated heterocycles. The van der Waals surface area contributed by atoms with Crippen LogP contribution >= 0.6 is 0 Å². The largest absolute Gasteiger partial charge is 0.485 e. The normalized spacial score (nSPS) is 11.1. The van der Waals surface area contributed by atoms with Gasteiger partial charge in [0.05, 0.1) is 11.0 Å². The molecule has 4 rings (SSSR count). The number of rotatable bonds is 5. The van der Waals surface area contributed by atoms with E-state index in [1.54, 1.807) is 4.57 Å². The first-order chi connectivity index (χ1) is 12.8. The molecule has 0 unspecified atom stereocenters. The molecule has 1 aromatic heterocycles. The Morgan fingerprint density at radius 1 is 1.00 bits per heavy atom. The summed E-state index contributed by atoms with van der Waals surface area (Å²) >= 11 is 0. The predicted molar refractivity (Wildman–Crippen MR) is 104 cm³/mol. The summed E-state index contributed by atoms with van der Waals surface area (Å²) in [5.74, 6) is 1.49. The highest BCUT2D eigenvalue weighted by Gasteiger charge is 2.16. The Balaban J connectivity index is 1.70. The van der Waals surface area contributed by atoms with Gasteiger partial charge in [-0.05, 0) is 30.0 Å². The van der Waals surface area contributed by atoms with Crippen LogP contribution in [0.3, 0.4) is 0 Å². The zero-order valence-corrected chi connectivity index (χ0v) is 14.7. The fourth-order valence-electron chi connectivity index (χ4n) is 3.24. The monoisotopic (exact) mass is 344 g/mol. The van der Waals surface area contributed by atoms with Gasteiger partial charge in [-0.3, -0.25) is 9.36 Å². The molecule has 0 atom stereocenters. The van der Waals surface area contributed by atoms with Gasteiger partial charge in [-0.15, -0.1) is 0 Å². The van der Waals surface area contributed by atoms with Gasteiger partial charge in [-0.25, -0.2) is 4.98 Å². The van der Waals surface area contributed by atoms with Gasteiger partial charge in [0, 0.05) is 11.8 Å². The second kappa shape index (κ2) is 7.00. The van der Waals surface area contributed by atoms with E-state index in [1.165, 1.54) is 0 Å². The van der Waals surface area contributed by atoms with Crippen molar-refractivity contribution in [2.24, 2.45) is 0 Å². The van der Waals surface area contributed by atoms with E-state index in [4.69, 9.17) is 4.74 Å². The lowest BCUT2D eigenvalue weighted by atomic mass is 10.1. The van der Waals surface area contributed by atoms with Gasteiger partial charge in [0.25, 0.3) is 0 Å². The Morgan fingerprint density at radius 3 is 2.65 bits per heavy atom. The number of carbonyl (C=O) groups is 1. The third-order valence-electron chi connectivity index (χ3n) is 4.45. The minimum atomic E-state index is 0.0534. The number of hydrogen-bond acceptors (Lipinski definition) is 3. The van der Waals surface area contributed by atoms with E-state index in [0.717, 1.165) is 34.0 Å². The summed E-state index contributed by atoms with van der Waals surface area (Å²) < 4.78 is 7.77. The summed E-state index contributed by atoms with van der Waals surface area (Å²) in [4.78, 5) is 17.3. The Kier molecular flexibility index (Phi) is 4.40. The molecular formula is C22H20N2O2. The van der Waals surface area contributed by atoms with Crippen LogP contribution in [0, 0.1) is 0 Å². The second-order valence-corrected chi connectivity index (χ2v) is 6.26. The average molecular weight is 344 g/mol. The molecule has 0 aliphatic rings. The van der Waals surface area contributed by atoms with Crippen LogP contribution in [0.5, 0.6) is 5.75 Å². The maximum absolute atomic E-state index is 12.6. The molecule has 26 heavy (non-hydrogen) atoms. The van der Waals surface area contributed by atoms with E-state index < -0.39 is 0 Å². The molecule has 0 amide bonds. The molecule has 4 nitrogen and oxygen atoms in total. The topological polar surface area (TPSA) is 44.1 Å². The summed E-state index contributed by atoms with van der Waals surface area (Å²) in [6, 6.07) is 21.8. The van der Waals surface area contributed by atoms with Gasteiger partial charge in [0.15, 0.2) is 5.82 Å². The molecule has 4 heteroatoms. The highest BCUT2D eigenvalue weighted by atomic mass is 16.5. The highest BCUT2D eigenvalue weighted by Crippen LogP contribution is 2.26. The number of para-hydroxylation sites is 2. The van der Waals surface area contributed by atoms with E-state index in [-0.39, 0.29) is 12.5 Å². The van der Waals surface area contributed by atoms with Crippen molar-refractivity contribution in [3.8, 4) is 5.75 Å². The van der Waals surface area contributed by atoms with Crippen LogP contribution in [0.4, 0.5) is 0 Å². The number of benzene rings is 3. The van der Waals surface area contributed by atoms with Crippen molar-refractivity contribution < 1.29 is 9.53 Å². The molecule has 0 fully saturated rings. The van der Waals surface area contributed by atoms with Crippen LogP contribution in [0.15, 0.2) is 66.7 Å². The van der Waals surface area contributed by atoms with Crippen molar-refractivity contribution in [2.75, 3.05) is 0 Å². The maximum Gasteiger partial charge on any atom is 0.232 e. The van der Waals surface area contributed by atoms with Crippen molar-refractivity contribution in [1.82, 2.24) is 9.55 Å². The molecule has 4 aromatic rings. The summed E-state index contributed by atoms with van der Waals surface area (Å²) in [5, 5.41) is 2.18. The fraction of sp³-hybridized carbons (Fsp3) is 0.182. The number of imidazole rings is 1. The van der Waals surface area contributed by atoms with Gasteiger partial charge in [-0.2, -0.15) is 0 Å². The van der Waals surface area contributed by atoms with Crippen LogP contribution < -0.4 is 4.74 Å². The molecule has 0 saturated carbocycles. The SMILES string of the molecule is CCCC(=O)n1c(COc2cccc3ccccc23)nc2ccccc21. The summed E-state index contributed by atoms with van der Waals surface area (Å²) in [6.45, 7) is 2.25. The van der Waals surface area contributed by atoms with Crippen LogP contribution in [0.1, 0.15) is 30.4 Å². The fourth-order valence-corrected chi connectivity index (χ4v) is 3.24. The minimum Gasteiger partial charge on any atom is -0.485 e. The number of fused-ring (bicyclic) bond motifs is 2.